The Morgan fingerprint density at radius 2 is 2.00 bits per heavy atom. The molecular formula is C29H37BrN2O3. The monoisotopic (exact) mass is 540 g/mol. The molecule has 1 saturated heterocycles. The Labute approximate surface area is 217 Å². The Kier molecular flexibility index (Phi) is 7.29. The van der Waals surface area contributed by atoms with Gasteiger partial charge in [-0.2, -0.15) is 0 Å². The number of likely N-dealkylation sites (tertiary alicyclic amines) is 1. The molecule has 1 unspecified atom stereocenters. The van der Waals surface area contributed by atoms with E-state index in [1.54, 1.807) is 0 Å². The molecule has 1 amide bonds. The maximum atomic E-state index is 13.4. The van der Waals surface area contributed by atoms with Crippen molar-refractivity contribution in [3.8, 4) is 5.75 Å². The minimum Gasteiger partial charge on any atom is -0.491 e. The molecule has 2 fully saturated rings. The van der Waals surface area contributed by atoms with Crippen LogP contribution in [0, 0.1) is 5.92 Å². The van der Waals surface area contributed by atoms with Crippen molar-refractivity contribution in [1.29, 1.82) is 0 Å². The highest BCUT2D eigenvalue weighted by Crippen LogP contribution is 2.57. The lowest BCUT2D eigenvalue weighted by Gasteiger charge is -2.52. The molecule has 0 spiro atoms. The van der Waals surface area contributed by atoms with E-state index in [0.717, 1.165) is 60.9 Å². The van der Waals surface area contributed by atoms with Crippen molar-refractivity contribution < 1.29 is 14.3 Å². The fourth-order valence-electron chi connectivity index (χ4n) is 6.82. The number of amides is 1. The van der Waals surface area contributed by atoms with E-state index < -0.39 is 0 Å². The summed E-state index contributed by atoms with van der Waals surface area (Å²) in [6.07, 6.45) is 9.58. The van der Waals surface area contributed by atoms with E-state index >= 15 is 0 Å². The molecule has 2 N–H and O–H groups in total. The molecule has 3 aliphatic rings. The predicted octanol–water partition coefficient (Wildman–Crippen LogP) is 7.00. The van der Waals surface area contributed by atoms with Gasteiger partial charge < -0.3 is 20.1 Å². The van der Waals surface area contributed by atoms with E-state index in [-0.39, 0.29) is 17.6 Å². The van der Waals surface area contributed by atoms with Crippen LogP contribution in [0.5, 0.6) is 5.75 Å². The maximum Gasteiger partial charge on any atom is 0.410 e. The van der Waals surface area contributed by atoms with Crippen molar-refractivity contribution >= 4 is 27.7 Å². The first-order valence-corrected chi connectivity index (χ1v) is 14.1. The van der Waals surface area contributed by atoms with Crippen molar-refractivity contribution in [1.82, 2.24) is 4.90 Å². The van der Waals surface area contributed by atoms with Gasteiger partial charge in [0.25, 0.3) is 0 Å². The number of ether oxygens (including phenoxy) is 2. The minimum atomic E-state index is -0.188. The second kappa shape index (κ2) is 10.4. The number of nitrogens with zero attached hydrogens (tertiary/aromatic N) is 1. The first-order valence-electron chi connectivity index (χ1n) is 13.3. The van der Waals surface area contributed by atoms with Crippen LogP contribution >= 0.6 is 15.9 Å². The lowest BCUT2D eigenvalue weighted by Crippen LogP contribution is -2.54. The first-order chi connectivity index (χ1) is 17.0. The molecule has 2 bridgehead atoms. The van der Waals surface area contributed by atoms with Crippen LogP contribution in [0.2, 0.25) is 0 Å². The molecule has 35 heavy (non-hydrogen) atoms. The fraction of sp³-hybridized carbons (Fsp3) is 0.552. The molecule has 188 valence electrons. The Morgan fingerprint density at radius 1 is 1.20 bits per heavy atom. The van der Waals surface area contributed by atoms with E-state index in [9.17, 15) is 4.79 Å². The highest BCUT2D eigenvalue weighted by atomic mass is 79.9. The highest BCUT2D eigenvalue weighted by molar-refractivity contribution is 9.10. The van der Waals surface area contributed by atoms with Crippen LogP contribution in [0.4, 0.5) is 10.5 Å². The van der Waals surface area contributed by atoms with Gasteiger partial charge in [-0.05, 0) is 83.1 Å². The zero-order chi connectivity index (χ0) is 24.4. The summed E-state index contributed by atoms with van der Waals surface area (Å²) >= 11 is 3.85. The molecule has 2 aromatic carbocycles. The number of fused-ring (bicyclic) bond motifs is 1. The number of hydrogen-bond donors (Lipinski definition) is 1. The highest BCUT2D eigenvalue weighted by Gasteiger charge is 2.54. The Hall–Kier alpha value is -2.21. The fourth-order valence-corrected chi connectivity index (χ4v) is 7.39. The number of anilines is 1. The first kappa shape index (κ1) is 24.5. The molecular weight excluding hydrogens is 504 g/mol. The van der Waals surface area contributed by atoms with Crippen molar-refractivity contribution in [3.63, 3.8) is 0 Å². The predicted molar refractivity (Wildman–Crippen MR) is 143 cm³/mol. The van der Waals surface area contributed by atoms with Crippen LogP contribution in [0.15, 0.2) is 40.9 Å². The van der Waals surface area contributed by atoms with E-state index in [4.69, 9.17) is 15.2 Å². The van der Waals surface area contributed by atoms with Gasteiger partial charge in [0.2, 0.25) is 0 Å². The number of unbranched alkanes of at least 4 members (excludes halogenated alkanes) is 1. The Bertz CT molecular complexity index is 1060. The third-order valence-corrected chi connectivity index (χ3v) is 9.40. The summed E-state index contributed by atoms with van der Waals surface area (Å²) in [6.45, 7) is 3.91. The normalized spacial score (nSPS) is 25.3. The van der Waals surface area contributed by atoms with Crippen LogP contribution in [0.25, 0.3) is 0 Å². The molecule has 1 aliphatic heterocycles. The lowest BCUT2D eigenvalue weighted by molar-refractivity contribution is 0.0440. The second-order valence-electron chi connectivity index (χ2n) is 10.4. The van der Waals surface area contributed by atoms with Gasteiger partial charge in [0.1, 0.15) is 12.4 Å². The second-order valence-corrected chi connectivity index (χ2v) is 11.2. The average molecular weight is 542 g/mol. The lowest BCUT2D eigenvalue weighted by atomic mass is 9.54. The van der Waals surface area contributed by atoms with Crippen LogP contribution in [-0.2, 0) is 23.2 Å². The van der Waals surface area contributed by atoms with Gasteiger partial charge in [0.05, 0.1) is 12.3 Å². The number of halogens is 1. The summed E-state index contributed by atoms with van der Waals surface area (Å²) in [5, 5.41) is 0. The van der Waals surface area contributed by atoms with Crippen LogP contribution in [-0.4, -0.2) is 30.2 Å². The molecule has 5 nitrogen and oxygen atoms in total. The van der Waals surface area contributed by atoms with Crippen molar-refractivity contribution in [3.05, 3.63) is 57.6 Å². The van der Waals surface area contributed by atoms with Gasteiger partial charge in [-0.25, -0.2) is 4.79 Å². The number of carbonyl (C=O) groups excluding carboxylic acids is 1. The Morgan fingerprint density at radius 3 is 2.80 bits per heavy atom. The van der Waals surface area contributed by atoms with Crippen LogP contribution < -0.4 is 10.5 Å². The average Bonchev–Trinajstić information content (AvgIpc) is 3.01. The summed E-state index contributed by atoms with van der Waals surface area (Å²) in [4.78, 5) is 15.4. The van der Waals surface area contributed by atoms with Gasteiger partial charge >= 0.3 is 6.09 Å². The van der Waals surface area contributed by atoms with Gasteiger partial charge in [0.15, 0.2) is 0 Å². The SMILES string of the molecule is CCCCOc1cc2c(c(Br)c1N)C[C@H]1C3CCCC[C@@]23CCCN1C(=O)OCc1ccccc1. The van der Waals surface area contributed by atoms with Gasteiger partial charge in [-0.15, -0.1) is 0 Å². The number of hydrogen-bond acceptors (Lipinski definition) is 4. The zero-order valence-corrected chi connectivity index (χ0v) is 22.3. The third-order valence-electron chi connectivity index (χ3n) is 8.50. The van der Waals surface area contributed by atoms with Crippen LogP contribution in [0.1, 0.15) is 75.0 Å². The molecule has 2 aliphatic carbocycles. The van der Waals surface area contributed by atoms with Gasteiger partial charge in [-0.3, -0.25) is 0 Å². The molecule has 6 heteroatoms. The molecule has 0 aromatic heterocycles. The number of rotatable bonds is 6. The summed E-state index contributed by atoms with van der Waals surface area (Å²) in [5.74, 6) is 1.25. The number of benzene rings is 2. The molecule has 1 saturated carbocycles. The molecule has 5 rings (SSSR count). The summed E-state index contributed by atoms with van der Waals surface area (Å²) in [7, 11) is 0. The quantitative estimate of drug-likeness (QED) is 0.316. The molecule has 1 heterocycles. The van der Waals surface area contributed by atoms with Crippen molar-refractivity contribution in [2.75, 3.05) is 18.9 Å². The van der Waals surface area contributed by atoms with Crippen LogP contribution in [0.3, 0.4) is 0 Å². The zero-order valence-electron chi connectivity index (χ0n) is 20.7. The topological polar surface area (TPSA) is 64.8 Å². The summed E-state index contributed by atoms with van der Waals surface area (Å²) in [6, 6.07) is 12.3. The largest absolute Gasteiger partial charge is 0.491 e. The molecule has 3 atom stereocenters. The summed E-state index contributed by atoms with van der Waals surface area (Å²) < 4.78 is 13.0. The van der Waals surface area contributed by atoms with Crippen molar-refractivity contribution in [2.24, 2.45) is 5.92 Å². The number of carbonyl (C=O) groups is 1. The maximum absolute atomic E-state index is 13.4. The van der Waals surface area contributed by atoms with Gasteiger partial charge in [0, 0.05) is 22.5 Å². The minimum absolute atomic E-state index is 0.0735. The van der Waals surface area contributed by atoms with Crippen molar-refractivity contribution in [2.45, 2.75) is 82.8 Å². The number of nitrogens with two attached hydrogens (primary N) is 1. The van der Waals surface area contributed by atoms with E-state index in [1.165, 1.54) is 30.4 Å². The summed E-state index contributed by atoms with van der Waals surface area (Å²) in [5.41, 5.74) is 11.0. The standard InChI is InChI=1S/C29H37BrN2O3/c1-2-3-16-34-25-18-23-21(26(30)27(25)31)17-24-22-12-7-8-13-29(22,23)14-9-15-32(24)28(33)35-19-20-10-5-4-6-11-20/h4-6,10-11,18,22,24H,2-3,7-9,12-17,19,31H2,1H3/t22?,24-,29-/m0/s1. The van der Waals surface area contributed by atoms with Gasteiger partial charge in [-0.1, -0.05) is 56.5 Å². The molecule has 0 radical (unpaired) electrons. The van der Waals surface area contributed by atoms with E-state index in [1.807, 2.05) is 35.2 Å². The molecule has 2 aromatic rings. The third kappa shape index (κ3) is 4.54. The van der Waals surface area contributed by atoms with E-state index in [0.29, 0.717) is 24.8 Å². The number of nitrogen functional groups attached to an aromatic ring is 1. The Balaban J connectivity index is 1.48. The smallest absolute Gasteiger partial charge is 0.410 e. The van der Waals surface area contributed by atoms with E-state index in [2.05, 4.69) is 28.9 Å².